The fraction of sp³-hybridized carbons (Fsp3) is 0.394. The van der Waals surface area contributed by atoms with E-state index < -0.39 is 28.5 Å². The van der Waals surface area contributed by atoms with Gasteiger partial charge in [-0.15, -0.1) is 0 Å². The summed E-state index contributed by atoms with van der Waals surface area (Å²) in [5.74, 6) is 0.326. The highest BCUT2D eigenvalue weighted by molar-refractivity contribution is 7.92. The van der Waals surface area contributed by atoms with Crippen molar-refractivity contribution in [3.05, 3.63) is 83.9 Å². The molecule has 0 saturated carbocycles. The van der Waals surface area contributed by atoms with E-state index in [1.54, 1.807) is 62.6 Å². The van der Waals surface area contributed by atoms with Gasteiger partial charge in [-0.2, -0.15) is 0 Å². The van der Waals surface area contributed by atoms with Crippen LogP contribution in [0.15, 0.2) is 77.7 Å². The average molecular weight is 610 g/mol. The number of carbonyl (C=O) groups excluding carboxylic acids is 2. The minimum absolute atomic E-state index is 0.0401. The van der Waals surface area contributed by atoms with Gasteiger partial charge in [0, 0.05) is 13.1 Å². The molecular formula is C33H43N3O6S. The van der Waals surface area contributed by atoms with Crippen LogP contribution in [-0.4, -0.2) is 58.0 Å². The van der Waals surface area contributed by atoms with E-state index in [1.165, 1.54) is 17.0 Å². The van der Waals surface area contributed by atoms with Crippen molar-refractivity contribution >= 4 is 27.5 Å². The number of methoxy groups -OCH3 is 1. The molecule has 0 aliphatic carbocycles. The Morgan fingerprint density at radius 2 is 1.65 bits per heavy atom. The quantitative estimate of drug-likeness (QED) is 0.255. The minimum Gasteiger partial charge on any atom is -0.497 e. The van der Waals surface area contributed by atoms with Gasteiger partial charge in [0.1, 0.15) is 24.1 Å². The van der Waals surface area contributed by atoms with Crippen LogP contribution in [0.5, 0.6) is 11.5 Å². The third kappa shape index (κ3) is 8.73. The maximum atomic E-state index is 14.3. The van der Waals surface area contributed by atoms with Crippen molar-refractivity contribution in [1.29, 1.82) is 0 Å². The van der Waals surface area contributed by atoms with Crippen molar-refractivity contribution in [3.8, 4) is 11.5 Å². The number of nitrogens with zero attached hydrogens (tertiary/aromatic N) is 2. The van der Waals surface area contributed by atoms with Crippen molar-refractivity contribution < 1.29 is 27.5 Å². The summed E-state index contributed by atoms with van der Waals surface area (Å²) < 4.78 is 40.5. The van der Waals surface area contributed by atoms with Crippen molar-refractivity contribution in [2.75, 3.05) is 31.1 Å². The Hall–Kier alpha value is -4.05. The van der Waals surface area contributed by atoms with E-state index in [-0.39, 0.29) is 29.0 Å². The number of hydrogen-bond donors (Lipinski definition) is 1. The predicted molar refractivity (Wildman–Crippen MR) is 169 cm³/mol. The molecule has 0 aliphatic heterocycles. The summed E-state index contributed by atoms with van der Waals surface area (Å²) in [7, 11) is -2.66. The fourth-order valence-electron chi connectivity index (χ4n) is 4.60. The molecule has 9 nitrogen and oxygen atoms in total. The monoisotopic (exact) mass is 609 g/mol. The van der Waals surface area contributed by atoms with Crippen LogP contribution in [-0.2, 0) is 26.2 Å². The molecule has 1 atom stereocenters. The summed E-state index contributed by atoms with van der Waals surface area (Å²) in [5.41, 5.74) is 1.88. The number of carbonyl (C=O) groups is 2. The lowest BCUT2D eigenvalue weighted by atomic mass is 10.1. The molecule has 1 N–H and O–H groups in total. The molecular weight excluding hydrogens is 566 g/mol. The van der Waals surface area contributed by atoms with Gasteiger partial charge in [0.25, 0.3) is 10.0 Å². The number of para-hydroxylation sites is 2. The maximum Gasteiger partial charge on any atom is 0.264 e. The standard InChI is InChI=1S/C33H43N3O6S/c1-7-29(33(38)34-21-24(3)4)35(22-26-12-11-13-27(20-26)41-6)32(37)23-36(30-14-9-10-15-31(30)42-8-2)43(39,40)28-18-16-25(5)17-19-28/h9-20,24,29H,7-8,21-23H2,1-6H3,(H,34,38)/t29-/m0/s1. The predicted octanol–water partition coefficient (Wildman–Crippen LogP) is 5.18. The normalized spacial score (nSPS) is 12.0. The Morgan fingerprint density at radius 3 is 2.28 bits per heavy atom. The highest BCUT2D eigenvalue weighted by Crippen LogP contribution is 2.33. The van der Waals surface area contributed by atoms with Crippen molar-refractivity contribution in [1.82, 2.24) is 10.2 Å². The molecule has 10 heteroatoms. The summed E-state index contributed by atoms with van der Waals surface area (Å²) in [5, 5.41) is 2.94. The van der Waals surface area contributed by atoms with Crippen LogP contribution >= 0.6 is 0 Å². The Labute approximate surface area is 255 Å². The third-order valence-corrected chi connectivity index (χ3v) is 8.65. The molecule has 0 heterocycles. The SMILES string of the molecule is CCOc1ccccc1N(CC(=O)N(Cc1cccc(OC)c1)[C@@H](CC)C(=O)NCC(C)C)S(=O)(=O)c1ccc(C)cc1. The van der Waals surface area contributed by atoms with E-state index >= 15 is 0 Å². The zero-order valence-corrected chi connectivity index (χ0v) is 26.7. The Balaban J connectivity index is 2.11. The summed E-state index contributed by atoms with van der Waals surface area (Å²) in [4.78, 5) is 29.2. The Bertz CT molecular complexity index is 1470. The maximum absolute atomic E-state index is 14.3. The lowest BCUT2D eigenvalue weighted by Crippen LogP contribution is -2.52. The van der Waals surface area contributed by atoms with E-state index in [0.717, 1.165) is 15.4 Å². The minimum atomic E-state index is -4.21. The molecule has 0 aliphatic rings. The number of hydrogen-bond acceptors (Lipinski definition) is 6. The molecule has 0 spiro atoms. The first-order valence-corrected chi connectivity index (χ1v) is 16.0. The topological polar surface area (TPSA) is 105 Å². The van der Waals surface area contributed by atoms with Crippen LogP contribution in [0.4, 0.5) is 5.69 Å². The number of amides is 2. The van der Waals surface area contributed by atoms with Crippen LogP contribution in [0.3, 0.4) is 0 Å². The molecule has 2 amide bonds. The van der Waals surface area contributed by atoms with Gasteiger partial charge < -0.3 is 19.7 Å². The van der Waals surface area contributed by atoms with E-state index in [2.05, 4.69) is 5.32 Å². The van der Waals surface area contributed by atoms with Gasteiger partial charge in [0.2, 0.25) is 11.8 Å². The van der Waals surface area contributed by atoms with E-state index in [0.29, 0.717) is 31.1 Å². The molecule has 3 aromatic rings. The first-order chi connectivity index (χ1) is 20.5. The van der Waals surface area contributed by atoms with Gasteiger partial charge in [-0.1, -0.05) is 62.7 Å². The van der Waals surface area contributed by atoms with Gasteiger partial charge in [-0.3, -0.25) is 13.9 Å². The number of benzene rings is 3. The molecule has 43 heavy (non-hydrogen) atoms. The van der Waals surface area contributed by atoms with E-state index in [4.69, 9.17) is 9.47 Å². The zero-order chi connectivity index (χ0) is 31.6. The van der Waals surface area contributed by atoms with Gasteiger partial charge in [0.05, 0.1) is 24.3 Å². The summed E-state index contributed by atoms with van der Waals surface area (Å²) >= 11 is 0. The van der Waals surface area contributed by atoms with Gasteiger partial charge in [-0.25, -0.2) is 8.42 Å². The van der Waals surface area contributed by atoms with Gasteiger partial charge in [-0.05, 0) is 68.1 Å². The first-order valence-electron chi connectivity index (χ1n) is 14.5. The third-order valence-electron chi connectivity index (χ3n) is 6.88. The lowest BCUT2D eigenvalue weighted by Gasteiger charge is -2.33. The van der Waals surface area contributed by atoms with Crippen LogP contribution in [0.2, 0.25) is 0 Å². The van der Waals surface area contributed by atoms with Crippen LogP contribution in [0, 0.1) is 12.8 Å². The number of nitrogens with one attached hydrogen (secondary N) is 1. The van der Waals surface area contributed by atoms with Crippen LogP contribution in [0.1, 0.15) is 45.2 Å². The number of sulfonamides is 1. The molecule has 0 unspecified atom stereocenters. The van der Waals surface area contributed by atoms with E-state index in [1.807, 2.05) is 39.8 Å². The number of rotatable bonds is 15. The van der Waals surface area contributed by atoms with Crippen molar-refractivity contribution in [2.45, 2.75) is 58.5 Å². The van der Waals surface area contributed by atoms with Gasteiger partial charge in [0.15, 0.2) is 0 Å². The highest BCUT2D eigenvalue weighted by Gasteiger charge is 2.34. The number of anilines is 1. The smallest absolute Gasteiger partial charge is 0.264 e. The van der Waals surface area contributed by atoms with Crippen LogP contribution in [0.25, 0.3) is 0 Å². The molecule has 0 fully saturated rings. The second-order valence-corrected chi connectivity index (χ2v) is 12.5. The Morgan fingerprint density at radius 1 is 0.953 bits per heavy atom. The number of ether oxygens (including phenoxy) is 2. The second kappa shape index (κ2) is 15.4. The van der Waals surface area contributed by atoms with Crippen molar-refractivity contribution in [2.24, 2.45) is 5.92 Å². The molecule has 0 radical (unpaired) electrons. The van der Waals surface area contributed by atoms with E-state index in [9.17, 15) is 18.0 Å². The fourth-order valence-corrected chi connectivity index (χ4v) is 6.03. The van der Waals surface area contributed by atoms with Crippen LogP contribution < -0.4 is 19.1 Å². The Kier molecular flexibility index (Phi) is 12.0. The summed E-state index contributed by atoms with van der Waals surface area (Å²) in [6.45, 7) is 9.77. The molecule has 232 valence electrons. The zero-order valence-electron chi connectivity index (χ0n) is 25.9. The molecule has 0 aromatic heterocycles. The lowest BCUT2D eigenvalue weighted by molar-refractivity contribution is -0.140. The molecule has 3 aromatic carbocycles. The van der Waals surface area contributed by atoms with Crippen molar-refractivity contribution in [3.63, 3.8) is 0 Å². The molecule has 0 saturated heterocycles. The highest BCUT2D eigenvalue weighted by atomic mass is 32.2. The summed E-state index contributed by atoms with van der Waals surface area (Å²) in [6.07, 6.45) is 0.333. The largest absolute Gasteiger partial charge is 0.497 e. The van der Waals surface area contributed by atoms with Gasteiger partial charge >= 0.3 is 0 Å². The first kappa shape index (κ1) is 33.5. The number of aryl methyl sites for hydroxylation is 1. The second-order valence-electron chi connectivity index (χ2n) is 10.7. The average Bonchev–Trinajstić information content (AvgIpc) is 2.99. The summed E-state index contributed by atoms with van der Waals surface area (Å²) in [6, 6.07) is 19.6. The molecule has 3 rings (SSSR count). The molecule has 0 bridgehead atoms.